The van der Waals surface area contributed by atoms with Crippen molar-refractivity contribution in [1.82, 2.24) is 25.3 Å². The largest absolute Gasteiger partial charge is 0.307 e. The highest BCUT2D eigenvalue weighted by atomic mass is 15.5. The van der Waals surface area contributed by atoms with Crippen molar-refractivity contribution in [2.45, 2.75) is 33.0 Å². The first-order valence-electron chi connectivity index (χ1n) is 7.85. The number of hydrogen-bond acceptors (Lipinski definition) is 4. The van der Waals surface area contributed by atoms with E-state index >= 15 is 0 Å². The Kier molecular flexibility index (Phi) is 4.78. The molecule has 2 heterocycles. The van der Waals surface area contributed by atoms with Crippen molar-refractivity contribution in [3.8, 4) is 11.3 Å². The topological polar surface area (TPSA) is 55.6 Å². The molecule has 0 aliphatic rings. The van der Waals surface area contributed by atoms with Gasteiger partial charge in [0.1, 0.15) is 11.4 Å². The zero-order valence-electron chi connectivity index (χ0n) is 13.5. The molecule has 1 aromatic carbocycles. The highest BCUT2D eigenvalue weighted by molar-refractivity contribution is 5.60. The summed E-state index contributed by atoms with van der Waals surface area (Å²) < 4.78 is 0. The van der Waals surface area contributed by atoms with Crippen molar-refractivity contribution < 1.29 is 0 Å². The predicted molar refractivity (Wildman–Crippen MR) is 90.6 cm³/mol. The molecule has 0 radical (unpaired) electrons. The van der Waals surface area contributed by atoms with Crippen LogP contribution in [0.4, 0.5) is 0 Å². The van der Waals surface area contributed by atoms with Gasteiger partial charge in [0.15, 0.2) is 0 Å². The fraction of sp³-hybridized carbons (Fsp3) is 0.278. The van der Waals surface area contributed by atoms with Crippen LogP contribution in [0.3, 0.4) is 0 Å². The third-order valence-corrected chi connectivity index (χ3v) is 3.55. The third-order valence-electron chi connectivity index (χ3n) is 3.55. The van der Waals surface area contributed by atoms with Gasteiger partial charge in [-0.25, -0.2) is 0 Å². The Morgan fingerprint density at radius 1 is 1.00 bits per heavy atom. The summed E-state index contributed by atoms with van der Waals surface area (Å²) >= 11 is 0. The Hall–Kier alpha value is -2.53. The van der Waals surface area contributed by atoms with Gasteiger partial charge in [-0.15, -0.1) is 0 Å². The van der Waals surface area contributed by atoms with Crippen LogP contribution in [0.25, 0.3) is 11.3 Å². The minimum Gasteiger partial charge on any atom is -0.307 e. The molecule has 118 valence electrons. The lowest BCUT2D eigenvalue weighted by atomic mass is 10.1. The second-order valence-electron chi connectivity index (χ2n) is 5.74. The maximum absolute atomic E-state index is 4.66. The summed E-state index contributed by atoms with van der Waals surface area (Å²) in [6, 6.07) is 14.4. The Bertz CT molecular complexity index is 735. The lowest BCUT2D eigenvalue weighted by Gasteiger charge is -2.04. The predicted octanol–water partition coefficient (Wildman–Crippen LogP) is 3.21. The molecule has 0 aliphatic heterocycles. The number of hydrogen-bond donors (Lipinski definition) is 1. The molecule has 5 nitrogen and oxygen atoms in total. The van der Waals surface area contributed by atoms with Crippen LogP contribution in [0.1, 0.15) is 31.1 Å². The summed E-state index contributed by atoms with van der Waals surface area (Å²) in [6.07, 6.45) is 3.65. The monoisotopic (exact) mass is 307 g/mol. The Morgan fingerprint density at radius 2 is 1.83 bits per heavy atom. The first-order valence-corrected chi connectivity index (χ1v) is 7.85. The molecular weight excluding hydrogens is 286 g/mol. The Balaban J connectivity index is 1.77. The lowest BCUT2D eigenvalue weighted by Crippen LogP contribution is -2.14. The molecule has 5 heteroatoms. The SMILES string of the molecule is CC(C)n1nc(CNCc2cccnc2)c(-c2ccccc2)n1. The fourth-order valence-corrected chi connectivity index (χ4v) is 2.35. The maximum atomic E-state index is 4.66. The van der Waals surface area contributed by atoms with Gasteiger partial charge < -0.3 is 5.32 Å². The highest BCUT2D eigenvalue weighted by Crippen LogP contribution is 2.21. The van der Waals surface area contributed by atoms with Crippen molar-refractivity contribution in [1.29, 1.82) is 0 Å². The normalized spacial score (nSPS) is 11.1. The van der Waals surface area contributed by atoms with Crippen LogP contribution < -0.4 is 5.32 Å². The minimum absolute atomic E-state index is 0.240. The van der Waals surface area contributed by atoms with E-state index in [-0.39, 0.29) is 6.04 Å². The second-order valence-corrected chi connectivity index (χ2v) is 5.74. The first kappa shape index (κ1) is 15.4. The quantitative estimate of drug-likeness (QED) is 0.760. The fourth-order valence-electron chi connectivity index (χ4n) is 2.35. The summed E-state index contributed by atoms with van der Waals surface area (Å²) in [5.74, 6) is 0. The smallest absolute Gasteiger partial charge is 0.117 e. The van der Waals surface area contributed by atoms with E-state index in [1.54, 1.807) is 11.0 Å². The van der Waals surface area contributed by atoms with E-state index in [1.165, 1.54) is 0 Å². The van der Waals surface area contributed by atoms with Crippen molar-refractivity contribution in [2.24, 2.45) is 0 Å². The highest BCUT2D eigenvalue weighted by Gasteiger charge is 2.14. The van der Waals surface area contributed by atoms with E-state index in [1.807, 2.05) is 30.5 Å². The number of benzene rings is 1. The van der Waals surface area contributed by atoms with E-state index in [0.717, 1.165) is 29.1 Å². The molecule has 3 aromatic rings. The van der Waals surface area contributed by atoms with Crippen molar-refractivity contribution in [3.63, 3.8) is 0 Å². The molecule has 0 spiro atoms. The van der Waals surface area contributed by atoms with Gasteiger partial charge in [-0.1, -0.05) is 36.4 Å². The molecule has 0 aliphatic carbocycles. The van der Waals surface area contributed by atoms with Crippen LogP contribution in [0, 0.1) is 0 Å². The summed E-state index contributed by atoms with van der Waals surface area (Å²) in [4.78, 5) is 5.91. The molecule has 3 rings (SSSR count). The van der Waals surface area contributed by atoms with E-state index in [2.05, 4.69) is 52.5 Å². The first-order chi connectivity index (χ1) is 11.2. The zero-order valence-corrected chi connectivity index (χ0v) is 13.5. The van der Waals surface area contributed by atoms with Gasteiger partial charge in [-0.2, -0.15) is 15.0 Å². The van der Waals surface area contributed by atoms with E-state index in [4.69, 9.17) is 0 Å². The van der Waals surface area contributed by atoms with E-state index in [9.17, 15) is 0 Å². The van der Waals surface area contributed by atoms with Crippen LogP contribution in [-0.2, 0) is 13.1 Å². The molecule has 0 bridgehead atoms. The molecule has 0 saturated carbocycles. The summed E-state index contributed by atoms with van der Waals surface area (Å²) in [6.45, 7) is 5.60. The molecule has 1 N–H and O–H groups in total. The van der Waals surface area contributed by atoms with Gasteiger partial charge in [0.25, 0.3) is 0 Å². The van der Waals surface area contributed by atoms with Crippen LogP contribution in [0.2, 0.25) is 0 Å². The number of nitrogens with one attached hydrogen (secondary N) is 1. The molecule has 2 aromatic heterocycles. The maximum Gasteiger partial charge on any atom is 0.117 e. The minimum atomic E-state index is 0.240. The molecule has 0 fully saturated rings. The Labute approximate surface area is 136 Å². The lowest BCUT2D eigenvalue weighted by molar-refractivity contribution is 0.461. The summed E-state index contributed by atoms with van der Waals surface area (Å²) in [5, 5.41) is 12.7. The van der Waals surface area contributed by atoms with Crippen molar-refractivity contribution >= 4 is 0 Å². The van der Waals surface area contributed by atoms with Gasteiger partial charge in [0.05, 0.1) is 6.04 Å². The summed E-state index contributed by atoms with van der Waals surface area (Å²) in [7, 11) is 0. The second kappa shape index (κ2) is 7.15. The Morgan fingerprint density at radius 3 is 2.52 bits per heavy atom. The summed E-state index contributed by atoms with van der Waals surface area (Å²) in [5.41, 5.74) is 4.16. The molecule has 23 heavy (non-hydrogen) atoms. The van der Waals surface area contributed by atoms with Gasteiger partial charge in [-0.3, -0.25) is 4.98 Å². The van der Waals surface area contributed by atoms with Crippen LogP contribution in [-0.4, -0.2) is 20.0 Å². The van der Waals surface area contributed by atoms with Crippen molar-refractivity contribution in [3.05, 3.63) is 66.1 Å². The van der Waals surface area contributed by atoms with Crippen LogP contribution >= 0.6 is 0 Å². The number of rotatable bonds is 6. The number of aromatic nitrogens is 4. The number of pyridine rings is 1. The standard InChI is InChI=1S/C18H21N5/c1-14(2)23-21-17(13-20-12-15-7-6-10-19-11-15)18(22-23)16-8-4-3-5-9-16/h3-11,14,20H,12-13H2,1-2H3. The van der Waals surface area contributed by atoms with E-state index in [0.29, 0.717) is 6.54 Å². The van der Waals surface area contributed by atoms with E-state index < -0.39 is 0 Å². The third kappa shape index (κ3) is 3.81. The van der Waals surface area contributed by atoms with Crippen LogP contribution in [0.5, 0.6) is 0 Å². The van der Waals surface area contributed by atoms with Crippen LogP contribution in [0.15, 0.2) is 54.9 Å². The number of nitrogens with zero attached hydrogens (tertiary/aromatic N) is 4. The zero-order chi connectivity index (χ0) is 16.1. The van der Waals surface area contributed by atoms with Crippen molar-refractivity contribution in [2.75, 3.05) is 0 Å². The average Bonchev–Trinajstić information content (AvgIpc) is 3.01. The van der Waals surface area contributed by atoms with Gasteiger partial charge in [0.2, 0.25) is 0 Å². The molecule has 0 unspecified atom stereocenters. The molecule has 0 amide bonds. The van der Waals surface area contributed by atoms with Gasteiger partial charge in [0, 0.05) is 31.0 Å². The molecule has 0 atom stereocenters. The molecule has 0 saturated heterocycles. The van der Waals surface area contributed by atoms with Gasteiger partial charge >= 0.3 is 0 Å². The molecular formula is C18H21N5. The average molecular weight is 307 g/mol. The van der Waals surface area contributed by atoms with Gasteiger partial charge in [-0.05, 0) is 25.5 Å².